The summed E-state index contributed by atoms with van der Waals surface area (Å²) >= 11 is 1.62. The number of rotatable bonds is 5. The van der Waals surface area contributed by atoms with Gasteiger partial charge < -0.3 is 4.90 Å². The smallest absolute Gasteiger partial charge is 0.223 e. The van der Waals surface area contributed by atoms with Crippen LogP contribution >= 0.6 is 11.3 Å². The van der Waals surface area contributed by atoms with E-state index in [2.05, 4.69) is 21.1 Å². The number of thiazole rings is 1. The Morgan fingerprint density at radius 2 is 2.07 bits per heavy atom. The molecule has 0 saturated heterocycles. The molecule has 4 aromatic rings. The fourth-order valence-electron chi connectivity index (χ4n) is 3.61. The lowest BCUT2D eigenvalue weighted by Crippen LogP contribution is -2.30. The van der Waals surface area contributed by atoms with E-state index in [4.69, 9.17) is 0 Å². The van der Waals surface area contributed by atoms with Gasteiger partial charge in [0, 0.05) is 24.9 Å². The highest BCUT2D eigenvalue weighted by Gasteiger charge is 2.22. The molecule has 0 aliphatic rings. The van der Waals surface area contributed by atoms with Crippen molar-refractivity contribution in [1.29, 1.82) is 5.26 Å². The van der Waals surface area contributed by atoms with Crippen LogP contribution in [-0.2, 0) is 11.2 Å². The summed E-state index contributed by atoms with van der Waals surface area (Å²) in [6, 6.07) is 10.0. The van der Waals surface area contributed by atoms with Gasteiger partial charge in [0.1, 0.15) is 16.6 Å². The first-order valence-electron chi connectivity index (χ1n) is 9.75. The van der Waals surface area contributed by atoms with Crippen LogP contribution < -0.4 is 0 Å². The maximum Gasteiger partial charge on any atom is 0.223 e. The summed E-state index contributed by atoms with van der Waals surface area (Å²) in [6.07, 6.45) is 2.46. The number of carbonyl (C=O) groups is 1. The van der Waals surface area contributed by atoms with Crippen molar-refractivity contribution in [2.24, 2.45) is 0 Å². The van der Waals surface area contributed by atoms with Gasteiger partial charge in [-0.1, -0.05) is 12.1 Å². The molecule has 30 heavy (non-hydrogen) atoms. The summed E-state index contributed by atoms with van der Waals surface area (Å²) in [6.45, 7) is 5.87. The van der Waals surface area contributed by atoms with Crippen LogP contribution in [0.25, 0.3) is 15.9 Å². The third-order valence-corrected chi connectivity index (χ3v) is 6.77. The Kier molecular flexibility index (Phi) is 5.22. The Morgan fingerprint density at radius 3 is 2.80 bits per heavy atom. The molecule has 0 saturated carbocycles. The highest BCUT2D eigenvalue weighted by atomic mass is 32.1. The van der Waals surface area contributed by atoms with E-state index in [1.807, 2.05) is 52.1 Å². The lowest BCUT2D eigenvalue weighted by Gasteiger charge is -2.23. The summed E-state index contributed by atoms with van der Waals surface area (Å²) in [5, 5.41) is 14.4. The predicted molar refractivity (Wildman–Crippen MR) is 116 cm³/mol. The highest BCUT2D eigenvalue weighted by molar-refractivity contribution is 7.18. The standard InChI is InChI=1S/C22H22N6OS/c1-13-17(14(2)28-21(25-13)16(11-23)12-24-28)9-10-20(29)27(4)15(3)22-26-18-7-5-6-8-19(18)30-22/h5-8,12,15H,9-10H2,1-4H3. The van der Waals surface area contributed by atoms with Gasteiger partial charge in [0.05, 0.1) is 22.5 Å². The second kappa shape index (κ2) is 7.84. The molecule has 8 heteroatoms. The maximum absolute atomic E-state index is 12.9. The van der Waals surface area contributed by atoms with Crippen LogP contribution in [0.2, 0.25) is 0 Å². The molecule has 1 unspecified atom stereocenters. The number of para-hydroxylation sites is 1. The Labute approximate surface area is 178 Å². The second-order valence-corrected chi connectivity index (χ2v) is 8.43. The minimum atomic E-state index is -0.0954. The largest absolute Gasteiger partial charge is 0.337 e. The molecule has 0 aliphatic carbocycles. The van der Waals surface area contributed by atoms with Crippen LogP contribution in [0, 0.1) is 25.2 Å². The van der Waals surface area contributed by atoms with Crippen LogP contribution in [0.1, 0.15) is 46.9 Å². The molecule has 0 radical (unpaired) electrons. The van der Waals surface area contributed by atoms with Crippen molar-refractivity contribution in [3.63, 3.8) is 0 Å². The first-order valence-corrected chi connectivity index (χ1v) is 10.6. The molecule has 0 N–H and O–H groups in total. The molecule has 1 amide bonds. The molecule has 4 rings (SSSR count). The number of benzene rings is 1. The molecule has 0 aliphatic heterocycles. The van der Waals surface area contributed by atoms with Gasteiger partial charge in [-0.05, 0) is 44.9 Å². The van der Waals surface area contributed by atoms with Crippen molar-refractivity contribution in [3.05, 3.63) is 58.0 Å². The first kappa shape index (κ1) is 20.0. The van der Waals surface area contributed by atoms with Crippen molar-refractivity contribution in [2.75, 3.05) is 7.05 Å². The quantitative estimate of drug-likeness (QED) is 0.489. The minimum absolute atomic E-state index is 0.0545. The van der Waals surface area contributed by atoms with Crippen LogP contribution in [0.3, 0.4) is 0 Å². The number of carbonyl (C=O) groups excluding carboxylic acids is 1. The first-order chi connectivity index (χ1) is 14.4. The lowest BCUT2D eigenvalue weighted by atomic mass is 10.1. The van der Waals surface area contributed by atoms with Crippen molar-refractivity contribution in [2.45, 2.75) is 39.7 Å². The van der Waals surface area contributed by atoms with Crippen molar-refractivity contribution in [1.82, 2.24) is 24.5 Å². The summed E-state index contributed by atoms with van der Waals surface area (Å²) < 4.78 is 2.81. The molecule has 1 aromatic carbocycles. The van der Waals surface area contributed by atoms with Crippen molar-refractivity contribution in [3.8, 4) is 6.07 Å². The fraction of sp³-hybridized carbons (Fsp3) is 0.318. The molecule has 0 fully saturated rings. The number of fused-ring (bicyclic) bond motifs is 2. The number of nitriles is 1. The zero-order valence-electron chi connectivity index (χ0n) is 17.4. The van der Waals surface area contributed by atoms with Gasteiger partial charge in [-0.15, -0.1) is 11.3 Å². The van der Waals surface area contributed by atoms with E-state index in [9.17, 15) is 10.1 Å². The van der Waals surface area contributed by atoms with E-state index in [-0.39, 0.29) is 11.9 Å². The number of hydrogen-bond donors (Lipinski definition) is 0. The van der Waals surface area contributed by atoms with Gasteiger partial charge in [0.15, 0.2) is 5.65 Å². The molecular formula is C22H22N6OS. The van der Waals surface area contributed by atoms with E-state index in [1.54, 1.807) is 20.8 Å². The van der Waals surface area contributed by atoms with E-state index < -0.39 is 0 Å². The van der Waals surface area contributed by atoms with Gasteiger partial charge in [-0.3, -0.25) is 4.79 Å². The summed E-state index contributed by atoms with van der Waals surface area (Å²) in [4.78, 5) is 23.9. The number of aromatic nitrogens is 4. The Balaban J connectivity index is 1.50. The molecule has 152 valence electrons. The Hall–Kier alpha value is -3.31. The summed E-state index contributed by atoms with van der Waals surface area (Å²) in [5.41, 5.74) is 4.70. The average molecular weight is 419 g/mol. The normalized spacial score (nSPS) is 12.2. The number of aryl methyl sites for hydroxylation is 2. The van der Waals surface area contributed by atoms with Crippen molar-refractivity contribution >= 4 is 33.1 Å². The minimum Gasteiger partial charge on any atom is -0.337 e. The molecule has 0 bridgehead atoms. The number of nitrogens with zero attached hydrogens (tertiary/aromatic N) is 6. The monoisotopic (exact) mass is 418 g/mol. The zero-order chi connectivity index (χ0) is 21.4. The van der Waals surface area contributed by atoms with Gasteiger partial charge >= 0.3 is 0 Å². The molecule has 3 heterocycles. The van der Waals surface area contributed by atoms with Crippen LogP contribution in [-0.4, -0.2) is 37.4 Å². The van der Waals surface area contributed by atoms with Crippen LogP contribution in [0.4, 0.5) is 0 Å². The topological polar surface area (TPSA) is 87.2 Å². The number of amides is 1. The van der Waals surface area contributed by atoms with Crippen molar-refractivity contribution < 1.29 is 4.79 Å². The van der Waals surface area contributed by atoms with Gasteiger partial charge in [-0.25, -0.2) is 14.5 Å². The zero-order valence-corrected chi connectivity index (χ0v) is 18.2. The van der Waals surface area contributed by atoms with E-state index >= 15 is 0 Å². The van der Waals surface area contributed by atoms with E-state index in [1.165, 1.54) is 6.20 Å². The van der Waals surface area contributed by atoms with E-state index in [0.29, 0.717) is 24.1 Å². The summed E-state index contributed by atoms with van der Waals surface area (Å²) in [5.74, 6) is 0.0545. The Bertz CT molecular complexity index is 1270. The lowest BCUT2D eigenvalue weighted by molar-refractivity contribution is -0.131. The molecule has 0 spiro atoms. The number of hydrogen-bond acceptors (Lipinski definition) is 6. The van der Waals surface area contributed by atoms with Gasteiger partial charge in [0.25, 0.3) is 0 Å². The van der Waals surface area contributed by atoms with Gasteiger partial charge in [-0.2, -0.15) is 10.4 Å². The fourth-order valence-corrected chi connectivity index (χ4v) is 4.67. The third-order valence-electron chi connectivity index (χ3n) is 5.56. The average Bonchev–Trinajstić information content (AvgIpc) is 3.36. The predicted octanol–water partition coefficient (Wildman–Crippen LogP) is 3.98. The Morgan fingerprint density at radius 1 is 1.30 bits per heavy atom. The highest BCUT2D eigenvalue weighted by Crippen LogP contribution is 2.29. The third kappa shape index (κ3) is 3.42. The SMILES string of the molecule is Cc1nc2c(C#N)cnn2c(C)c1CCC(=O)N(C)C(C)c1nc2ccccc2s1. The molecule has 1 atom stereocenters. The van der Waals surface area contributed by atoms with E-state index in [0.717, 1.165) is 32.2 Å². The summed E-state index contributed by atoms with van der Waals surface area (Å²) in [7, 11) is 1.83. The second-order valence-electron chi connectivity index (χ2n) is 7.37. The van der Waals surface area contributed by atoms with Crippen LogP contribution in [0.15, 0.2) is 30.5 Å². The maximum atomic E-state index is 12.9. The van der Waals surface area contributed by atoms with Gasteiger partial charge in [0.2, 0.25) is 5.91 Å². The van der Waals surface area contributed by atoms with Crippen LogP contribution in [0.5, 0.6) is 0 Å². The molecular weight excluding hydrogens is 396 g/mol. The molecule has 7 nitrogen and oxygen atoms in total. The molecule has 3 aromatic heterocycles.